The lowest BCUT2D eigenvalue weighted by atomic mass is 9.95. The maximum atomic E-state index is 12.5. The van der Waals surface area contributed by atoms with Crippen molar-refractivity contribution in [3.05, 3.63) is 11.9 Å². The van der Waals surface area contributed by atoms with Crippen LogP contribution in [-0.2, 0) is 19.4 Å². The minimum atomic E-state index is -3.35. The fraction of sp³-hybridized carbons (Fsp3) is 0.667. The van der Waals surface area contributed by atoms with E-state index in [9.17, 15) is 18.0 Å². The van der Waals surface area contributed by atoms with Gasteiger partial charge in [-0.2, -0.15) is 5.10 Å². The number of amides is 2. The first-order chi connectivity index (χ1) is 11.4. The molecule has 0 spiro atoms. The zero-order valence-electron chi connectivity index (χ0n) is 13.7. The first kappa shape index (κ1) is 16.9. The molecule has 0 bridgehead atoms. The van der Waals surface area contributed by atoms with Crippen LogP contribution in [0, 0.1) is 0 Å². The van der Waals surface area contributed by atoms with E-state index in [4.69, 9.17) is 0 Å². The second kappa shape index (κ2) is 6.54. The lowest BCUT2D eigenvalue weighted by molar-refractivity contribution is -0.139. The molecule has 1 aromatic heterocycles. The Hall–Kier alpha value is -1.90. The van der Waals surface area contributed by atoms with E-state index in [0.717, 1.165) is 25.5 Å². The number of rotatable bonds is 4. The Morgan fingerprint density at radius 3 is 2.83 bits per heavy atom. The van der Waals surface area contributed by atoms with Crippen LogP contribution in [0.5, 0.6) is 0 Å². The van der Waals surface area contributed by atoms with E-state index >= 15 is 0 Å². The highest BCUT2D eigenvalue weighted by Gasteiger charge is 2.31. The smallest absolute Gasteiger partial charge is 0.242 e. The largest absolute Gasteiger partial charge is 0.340 e. The van der Waals surface area contributed by atoms with Crippen LogP contribution in [-0.4, -0.2) is 72.7 Å². The van der Waals surface area contributed by atoms with Crippen molar-refractivity contribution < 1.29 is 18.0 Å². The number of likely N-dealkylation sites (tertiary alicyclic amines) is 2. The molecule has 2 aliphatic rings. The Balaban J connectivity index is 1.69. The fourth-order valence-electron chi connectivity index (χ4n) is 3.45. The first-order valence-electron chi connectivity index (χ1n) is 8.15. The first-order valence-corrected chi connectivity index (χ1v) is 10.0. The quantitative estimate of drug-likeness (QED) is 0.828. The normalized spacial score (nSPS) is 22.2. The summed E-state index contributed by atoms with van der Waals surface area (Å²) < 4.78 is 23.7. The molecule has 2 saturated heterocycles. The number of carbonyl (C=O) groups excluding carboxylic acids is 2. The summed E-state index contributed by atoms with van der Waals surface area (Å²) in [5.74, 6) is -0.121. The van der Waals surface area contributed by atoms with Crippen molar-refractivity contribution in [1.29, 1.82) is 0 Å². The predicted molar refractivity (Wildman–Crippen MR) is 86.1 cm³/mol. The summed E-state index contributed by atoms with van der Waals surface area (Å²) in [7, 11) is -3.35. The van der Waals surface area contributed by atoms with Gasteiger partial charge in [-0.1, -0.05) is 0 Å². The van der Waals surface area contributed by atoms with E-state index in [-0.39, 0.29) is 29.2 Å². The van der Waals surface area contributed by atoms with Crippen LogP contribution in [0.3, 0.4) is 0 Å². The molecule has 2 fully saturated rings. The molecule has 24 heavy (non-hydrogen) atoms. The van der Waals surface area contributed by atoms with Crippen LogP contribution in [0.15, 0.2) is 11.1 Å². The number of piperidine rings is 1. The number of hydrogen-bond donors (Lipinski definition) is 1. The molecular formula is C15H22N4O4S. The minimum Gasteiger partial charge on any atom is -0.340 e. The van der Waals surface area contributed by atoms with Gasteiger partial charge in [0.25, 0.3) is 0 Å². The number of nitrogens with one attached hydrogen (secondary N) is 1. The van der Waals surface area contributed by atoms with Crippen LogP contribution >= 0.6 is 0 Å². The molecule has 0 unspecified atom stereocenters. The average Bonchev–Trinajstić information content (AvgIpc) is 3.17. The van der Waals surface area contributed by atoms with E-state index in [2.05, 4.69) is 10.2 Å². The number of aromatic nitrogens is 2. The number of sulfone groups is 1. The summed E-state index contributed by atoms with van der Waals surface area (Å²) >= 11 is 0. The maximum Gasteiger partial charge on any atom is 0.242 e. The zero-order chi connectivity index (χ0) is 17.3. The highest BCUT2D eigenvalue weighted by atomic mass is 32.2. The second-order valence-corrected chi connectivity index (χ2v) is 8.50. The molecule has 1 N–H and O–H groups in total. The Labute approximate surface area is 141 Å². The van der Waals surface area contributed by atoms with Gasteiger partial charge in [-0.15, -0.1) is 0 Å². The van der Waals surface area contributed by atoms with Crippen molar-refractivity contribution in [2.45, 2.75) is 36.5 Å². The number of nitrogens with zero attached hydrogens (tertiary/aromatic N) is 3. The summed E-state index contributed by atoms with van der Waals surface area (Å²) in [5, 5.41) is 6.66. The van der Waals surface area contributed by atoms with Crippen LogP contribution in [0.1, 0.15) is 37.3 Å². The lowest BCUT2D eigenvalue weighted by Gasteiger charge is -2.33. The lowest BCUT2D eigenvalue weighted by Crippen LogP contribution is -2.45. The Kier molecular flexibility index (Phi) is 4.62. The molecule has 0 aromatic carbocycles. The minimum absolute atomic E-state index is 0.0323. The van der Waals surface area contributed by atoms with E-state index in [0.29, 0.717) is 31.7 Å². The molecule has 9 heteroatoms. The number of H-pyrrole nitrogens is 1. The highest BCUT2D eigenvalue weighted by Crippen LogP contribution is 2.30. The summed E-state index contributed by atoms with van der Waals surface area (Å²) in [6, 6.07) is 0. The highest BCUT2D eigenvalue weighted by molar-refractivity contribution is 7.90. The van der Waals surface area contributed by atoms with Gasteiger partial charge < -0.3 is 9.80 Å². The van der Waals surface area contributed by atoms with Crippen LogP contribution in [0.2, 0.25) is 0 Å². The predicted octanol–water partition coefficient (Wildman–Crippen LogP) is 0.142. The molecule has 0 aliphatic carbocycles. The summed E-state index contributed by atoms with van der Waals surface area (Å²) in [6.45, 7) is 1.85. The molecular weight excluding hydrogens is 332 g/mol. The molecule has 1 atom stereocenters. The topological polar surface area (TPSA) is 103 Å². The van der Waals surface area contributed by atoms with Crippen molar-refractivity contribution in [2.75, 3.05) is 32.4 Å². The van der Waals surface area contributed by atoms with Gasteiger partial charge >= 0.3 is 0 Å². The standard InChI is InChI=1S/C15H22N4O4S/c1-24(22,23)12-8-16-17-15(12)11-4-2-6-18(9-11)14(21)10-19-7-3-5-13(19)20/h8,11H,2-7,9-10H2,1H3,(H,16,17)/t11-/m1/s1. The molecule has 8 nitrogen and oxygen atoms in total. The zero-order valence-corrected chi connectivity index (χ0v) is 14.5. The van der Waals surface area contributed by atoms with Crippen molar-refractivity contribution in [3.8, 4) is 0 Å². The Morgan fingerprint density at radius 2 is 2.17 bits per heavy atom. The molecule has 3 rings (SSSR count). The van der Waals surface area contributed by atoms with Crippen molar-refractivity contribution in [3.63, 3.8) is 0 Å². The molecule has 1 aromatic rings. The van der Waals surface area contributed by atoms with Gasteiger partial charge in [-0.25, -0.2) is 8.42 Å². The second-order valence-electron chi connectivity index (χ2n) is 6.52. The van der Waals surface area contributed by atoms with Gasteiger partial charge in [0.1, 0.15) is 4.90 Å². The monoisotopic (exact) mass is 354 g/mol. The van der Waals surface area contributed by atoms with Crippen molar-refractivity contribution in [2.24, 2.45) is 0 Å². The van der Waals surface area contributed by atoms with Gasteiger partial charge in [0.05, 0.1) is 18.4 Å². The summed E-state index contributed by atoms with van der Waals surface area (Å²) in [4.78, 5) is 27.7. The van der Waals surface area contributed by atoms with Gasteiger partial charge in [0, 0.05) is 38.2 Å². The number of hydrogen-bond acceptors (Lipinski definition) is 5. The average molecular weight is 354 g/mol. The molecule has 0 saturated carbocycles. The van der Waals surface area contributed by atoms with Gasteiger partial charge in [-0.3, -0.25) is 14.7 Å². The third-order valence-electron chi connectivity index (χ3n) is 4.71. The van der Waals surface area contributed by atoms with Crippen molar-refractivity contribution >= 4 is 21.7 Å². The molecule has 0 radical (unpaired) electrons. The molecule has 2 amide bonds. The summed E-state index contributed by atoms with van der Waals surface area (Å²) in [5.41, 5.74) is 0.576. The third-order valence-corrected chi connectivity index (χ3v) is 5.84. The van der Waals surface area contributed by atoms with Crippen molar-refractivity contribution in [1.82, 2.24) is 20.0 Å². The maximum absolute atomic E-state index is 12.5. The van der Waals surface area contributed by atoms with Crippen LogP contribution in [0.25, 0.3) is 0 Å². The van der Waals surface area contributed by atoms with E-state index in [1.165, 1.54) is 6.20 Å². The van der Waals surface area contributed by atoms with Gasteiger partial charge in [-0.05, 0) is 19.3 Å². The Morgan fingerprint density at radius 1 is 1.38 bits per heavy atom. The van der Waals surface area contributed by atoms with Gasteiger partial charge in [0.2, 0.25) is 11.8 Å². The van der Waals surface area contributed by atoms with Crippen LogP contribution in [0.4, 0.5) is 0 Å². The molecule has 3 heterocycles. The summed E-state index contributed by atoms with van der Waals surface area (Å²) in [6.07, 6.45) is 5.41. The third kappa shape index (κ3) is 3.45. The SMILES string of the molecule is CS(=O)(=O)c1cn[nH]c1[C@@H]1CCCN(C(=O)CN2CCCC2=O)C1. The number of aromatic amines is 1. The van der Waals surface area contributed by atoms with Crippen LogP contribution < -0.4 is 0 Å². The number of carbonyl (C=O) groups is 2. The van der Waals surface area contributed by atoms with Gasteiger partial charge in [0.15, 0.2) is 9.84 Å². The van der Waals surface area contributed by atoms with E-state index in [1.54, 1.807) is 9.80 Å². The fourth-order valence-corrected chi connectivity index (χ4v) is 4.30. The van der Waals surface area contributed by atoms with E-state index < -0.39 is 9.84 Å². The molecule has 2 aliphatic heterocycles. The Bertz CT molecular complexity index is 742. The van der Waals surface area contributed by atoms with E-state index in [1.807, 2.05) is 0 Å². The molecule has 132 valence electrons.